The monoisotopic (exact) mass is 889 g/mol. The molecule has 1 saturated heterocycles. The lowest BCUT2D eigenvalue weighted by atomic mass is 9.72. The highest BCUT2D eigenvalue weighted by atomic mass is 35.5. The molecule has 2 N–H and O–H groups in total. The van der Waals surface area contributed by atoms with Crippen molar-refractivity contribution in [2.24, 2.45) is 22.2 Å². The average Bonchev–Trinajstić information content (AvgIpc) is 3.77. The Morgan fingerprint density at radius 3 is 2.49 bits per heavy atom. The van der Waals surface area contributed by atoms with Crippen molar-refractivity contribution in [2.45, 2.75) is 70.2 Å². The molecular formula is C48H52ClN7O6S. The van der Waals surface area contributed by atoms with E-state index in [1.54, 1.807) is 30.5 Å². The molecule has 0 aromatic heterocycles. The second-order valence-electron chi connectivity index (χ2n) is 17.9. The van der Waals surface area contributed by atoms with E-state index in [1.165, 1.54) is 28.8 Å². The molecule has 2 fully saturated rings. The van der Waals surface area contributed by atoms with Crippen molar-refractivity contribution in [1.29, 1.82) is 5.26 Å². The van der Waals surface area contributed by atoms with Gasteiger partial charge in [-0.25, -0.2) is 13.1 Å². The fourth-order valence-corrected chi connectivity index (χ4v) is 10.3. The number of nitriles is 1. The summed E-state index contributed by atoms with van der Waals surface area (Å²) in [5.74, 6) is -0.0378. The molecule has 0 radical (unpaired) electrons. The molecule has 0 unspecified atom stereocenters. The van der Waals surface area contributed by atoms with Crippen LogP contribution in [0.5, 0.6) is 11.5 Å². The molecule has 2 aliphatic heterocycles. The van der Waals surface area contributed by atoms with Crippen molar-refractivity contribution >= 4 is 56.4 Å². The van der Waals surface area contributed by atoms with Crippen molar-refractivity contribution in [2.75, 3.05) is 49.5 Å². The molecule has 2 heterocycles. The van der Waals surface area contributed by atoms with E-state index >= 15 is 0 Å². The lowest BCUT2D eigenvalue weighted by Crippen LogP contribution is -2.47. The maximum absolute atomic E-state index is 14.0. The minimum Gasteiger partial charge on any atom is -0.456 e. The smallest absolute Gasteiger partial charge is 0.293 e. The number of sulfonamides is 1. The van der Waals surface area contributed by atoms with Gasteiger partial charge in [-0.15, -0.1) is 0 Å². The largest absolute Gasteiger partial charge is 0.456 e. The number of amides is 1. The number of carbonyl (C=O) groups is 1. The van der Waals surface area contributed by atoms with Gasteiger partial charge in [-0.2, -0.15) is 5.26 Å². The Labute approximate surface area is 374 Å². The van der Waals surface area contributed by atoms with Crippen LogP contribution in [-0.4, -0.2) is 69.6 Å². The summed E-state index contributed by atoms with van der Waals surface area (Å²) in [6, 6.07) is 24.8. The first-order chi connectivity index (χ1) is 30.2. The van der Waals surface area contributed by atoms with Crippen molar-refractivity contribution in [1.82, 2.24) is 9.62 Å². The molecule has 328 valence electrons. The van der Waals surface area contributed by atoms with Gasteiger partial charge in [0, 0.05) is 79.8 Å². The van der Waals surface area contributed by atoms with Crippen LogP contribution < -0.4 is 19.7 Å². The van der Waals surface area contributed by atoms with Crippen molar-refractivity contribution in [3.63, 3.8) is 0 Å². The van der Waals surface area contributed by atoms with E-state index in [2.05, 4.69) is 56.9 Å². The quantitative estimate of drug-likeness (QED) is 0.0974. The standard InChI is InChI=1S/C48H52ClN7O6S/c1-48(2)19-18-36(41(26-48)34-10-12-37(49)13-11-34)31-54-20-22-55(23-21-54)38-14-16-40(46(24-38)62-45-5-3-4-35-29-51-30-42(35)45)47(57)53-63(60,61)39-15-17-43(44(25-39)56(58)59)52-28-33-8-6-32(27-50)7-9-33/h3-5,10-17,24-25,30,32-33,52H,6-9,18-23,26,28-29,31H2,1-2H3,(H,53,57). The van der Waals surface area contributed by atoms with Gasteiger partial charge >= 0.3 is 0 Å². The zero-order valence-corrected chi connectivity index (χ0v) is 37.2. The van der Waals surface area contributed by atoms with Gasteiger partial charge in [0.1, 0.15) is 17.2 Å². The number of hydrogen-bond donors (Lipinski definition) is 2. The lowest BCUT2D eigenvalue weighted by molar-refractivity contribution is -0.384. The number of halogens is 1. The summed E-state index contributed by atoms with van der Waals surface area (Å²) in [4.78, 5) is 34.2. The van der Waals surface area contributed by atoms with Crippen LogP contribution in [0.15, 0.2) is 94.3 Å². The molecule has 0 atom stereocenters. The zero-order chi connectivity index (χ0) is 44.3. The molecular weight excluding hydrogens is 838 g/mol. The number of nitrogens with one attached hydrogen (secondary N) is 2. The van der Waals surface area contributed by atoms with Gasteiger partial charge in [0.05, 0.1) is 28.0 Å². The summed E-state index contributed by atoms with van der Waals surface area (Å²) < 4.78 is 36.1. The van der Waals surface area contributed by atoms with Crippen LogP contribution in [0.2, 0.25) is 5.02 Å². The third kappa shape index (κ3) is 10.2. The van der Waals surface area contributed by atoms with Gasteiger partial charge in [0.25, 0.3) is 21.6 Å². The van der Waals surface area contributed by atoms with Crippen LogP contribution in [0.25, 0.3) is 5.57 Å². The van der Waals surface area contributed by atoms with Crippen molar-refractivity contribution in [3.8, 4) is 17.6 Å². The van der Waals surface area contributed by atoms with E-state index in [1.807, 2.05) is 24.3 Å². The maximum Gasteiger partial charge on any atom is 0.293 e. The highest BCUT2D eigenvalue weighted by Crippen LogP contribution is 2.44. The van der Waals surface area contributed by atoms with Gasteiger partial charge in [0.2, 0.25) is 0 Å². The minimum atomic E-state index is -4.57. The Hall–Kier alpha value is -5.75. The minimum absolute atomic E-state index is 0.0192. The number of allylic oxidation sites excluding steroid dienone is 1. The first-order valence-electron chi connectivity index (χ1n) is 21.6. The molecule has 0 bridgehead atoms. The molecule has 2 aliphatic carbocycles. The number of hydrogen-bond acceptors (Lipinski definition) is 11. The number of ether oxygens (including phenoxy) is 1. The number of rotatable bonds is 13. The Balaban J connectivity index is 0.996. The Morgan fingerprint density at radius 2 is 1.76 bits per heavy atom. The van der Waals surface area contributed by atoms with Crippen LogP contribution >= 0.6 is 11.6 Å². The lowest BCUT2D eigenvalue weighted by Gasteiger charge is -2.39. The fraction of sp³-hybridized carbons (Fsp3) is 0.396. The van der Waals surface area contributed by atoms with Gasteiger partial charge in [-0.05, 0) is 115 Å². The average molecular weight is 891 g/mol. The van der Waals surface area contributed by atoms with E-state index in [0.717, 1.165) is 106 Å². The molecule has 13 nitrogen and oxygen atoms in total. The van der Waals surface area contributed by atoms with Crippen LogP contribution in [-0.2, 0) is 16.6 Å². The molecule has 1 amide bonds. The van der Waals surface area contributed by atoms with Crippen LogP contribution in [0.1, 0.15) is 85.8 Å². The van der Waals surface area contributed by atoms with E-state index in [0.29, 0.717) is 18.8 Å². The van der Waals surface area contributed by atoms with Gasteiger partial charge in [-0.3, -0.25) is 24.8 Å². The van der Waals surface area contributed by atoms with Crippen molar-refractivity contribution in [3.05, 3.63) is 122 Å². The topological polar surface area (TPSA) is 170 Å². The number of nitro groups is 1. The highest BCUT2D eigenvalue weighted by Gasteiger charge is 2.31. The van der Waals surface area contributed by atoms with Crippen LogP contribution in [0, 0.1) is 38.7 Å². The number of fused-ring (bicyclic) bond motifs is 1. The molecule has 4 aromatic carbocycles. The van der Waals surface area contributed by atoms with E-state index in [9.17, 15) is 28.6 Å². The highest BCUT2D eigenvalue weighted by molar-refractivity contribution is 7.90. The molecule has 1 saturated carbocycles. The van der Waals surface area contributed by atoms with E-state index < -0.39 is 31.4 Å². The Morgan fingerprint density at radius 1 is 1.00 bits per heavy atom. The normalized spacial score (nSPS) is 19.9. The third-order valence-corrected chi connectivity index (χ3v) is 14.5. The number of aliphatic imine (C=N–C) groups is 1. The number of nitrogens with zero attached hydrogens (tertiary/aromatic N) is 5. The van der Waals surface area contributed by atoms with E-state index in [-0.39, 0.29) is 34.3 Å². The zero-order valence-electron chi connectivity index (χ0n) is 35.6. The summed E-state index contributed by atoms with van der Waals surface area (Å²) in [5.41, 5.74) is 6.64. The SMILES string of the molecule is CC1(C)CCC(CN2CCN(c3ccc(C(=O)NS(=O)(=O)c4ccc(NCC5CCC(C#N)CC5)c([N+](=O)[O-])c4)c(Oc4cccc5c4C=NC5)c3)CC2)=C(c2ccc(Cl)cc2)C1. The predicted molar refractivity (Wildman–Crippen MR) is 246 cm³/mol. The molecule has 15 heteroatoms. The second kappa shape index (κ2) is 18.5. The van der Waals surface area contributed by atoms with Crippen molar-refractivity contribution < 1.29 is 22.9 Å². The summed E-state index contributed by atoms with van der Waals surface area (Å²) in [6.45, 7) is 9.62. The fourth-order valence-electron chi connectivity index (χ4n) is 9.16. The van der Waals surface area contributed by atoms with Crippen LogP contribution in [0.3, 0.4) is 0 Å². The number of piperazine rings is 1. The summed E-state index contributed by atoms with van der Waals surface area (Å²) in [5, 5.41) is 25.2. The summed E-state index contributed by atoms with van der Waals surface area (Å²) in [6.07, 6.45) is 8.13. The number of nitro benzene ring substituents is 1. The first-order valence-corrected chi connectivity index (χ1v) is 23.5. The first kappa shape index (κ1) is 43.9. The molecule has 4 aliphatic rings. The summed E-state index contributed by atoms with van der Waals surface area (Å²) >= 11 is 6.25. The predicted octanol–water partition coefficient (Wildman–Crippen LogP) is 9.62. The molecule has 8 rings (SSSR count). The number of carbonyl (C=O) groups excluding carboxylic acids is 1. The van der Waals surface area contributed by atoms with Gasteiger partial charge in [-0.1, -0.05) is 55.3 Å². The summed E-state index contributed by atoms with van der Waals surface area (Å²) in [7, 11) is -4.57. The van der Waals surface area contributed by atoms with Gasteiger partial charge in [0.15, 0.2) is 0 Å². The maximum atomic E-state index is 14.0. The second-order valence-corrected chi connectivity index (χ2v) is 20.0. The number of anilines is 2. The van der Waals surface area contributed by atoms with Crippen LogP contribution in [0.4, 0.5) is 17.1 Å². The molecule has 0 spiro atoms. The Bertz CT molecular complexity index is 2610. The number of benzene rings is 4. The molecule has 63 heavy (non-hydrogen) atoms. The van der Waals surface area contributed by atoms with E-state index in [4.69, 9.17) is 16.3 Å². The van der Waals surface area contributed by atoms with Gasteiger partial charge < -0.3 is 15.0 Å². The third-order valence-electron chi connectivity index (χ3n) is 12.9. The molecule has 4 aromatic rings. The Kier molecular flexibility index (Phi) is 12.9.